The first-order valence-corrected chi connectivity index (χ1v) is 15.1. The van der Waals surface area contributed by atoms with Crippen molar-refractivity contribution in [3.05, 3.63) is 93.7 Å². The number of nitrogens with one attached hydrogen (secondary N) is 1. The van der Waals surface area contributed by atoms with Crippen molar-refractivity contribution in [1.82, 2.24) is 14.5 Å². The molecule has 0 saturated carbocycles. The Morgan fingerprint density at radius 2 is 1.75 bits per heavy atom. The summed E-state index contributed by atoms with van der Waals surface area (Å²) in [5, 5.41) is 4.88. The number of fused-ring (bicyclic) bond motifs is 1. The van der Waals surface area contributed by atoms with Crippen molar-refractivity contribution >= 4 is 51.5 Å². The summed E-state index contributed by atoms with van der Waals surface area (Å²) in [5.41, 5.74) is 3.74. The van der Waals surface area contributed by atoms with Gasteiger partial charge in [0, 0.05) is 49.1 Å². The van der Waals surface area contributed by atoms with Crippen LogP contribution in [-0.4, -0.2) is 58.8 Å². The van der Waals surface area contributed by atoms with Crippen LogP contribution < -0.4 is 15.8 Å². The van der Waals surface area contributed by atoms with Crippen molar-refractivity contribution in [2.24, 2.45) is 0 Å². The second-order valence-corrected chi connectivity index (χ2v) is 11.3. The van der Waals surface area contributed by atoms with E-state index in [0.29, 0.717) is 22.6 Å². The van der Waals surface area contributed by atoms with Gasteiger partial charge in [0.25, 0.3) is 5.56 Å². The first-order valence-electron chi connectivity index (χ1n) is 13.7. The molecule has 9 heteroatoms. The minimum Gasteiger partial charge on any atom is -0.369 e. The quantitative estimate of drug-likeness (QED) is 0.197. The van der Waals surface area contributed by atoms with Gasteiger partial charge in [0.05, 0.1) is 16.7 Å². The molecule has 1 aliphatic heterocycles. The standard InChI is InChI=1S/C31H34ClN5O2S/c1-2-23-11-13-25(14-12-23)33-29(38)22-40-31-34-28-10-4-3-9-27(28)30(39)37(31)16-6-15-35-17-19-36(20-18-35)26-8-5-7-24(32)21-26/h3-5,7-14,21H,2,6,15-20,22H2,1H3,(H,33,38). The van der Waals surface area contributed by atoms with E-state index >= 15 is 0 Å². The van der Waals surface area contributed by atoms with Gasteiger partial charge in [0.1, 0.15) is 0 Å². The van der Waals surface area contributed by atoms with Crippen LogP contribution in [0.4, 0.5) is 11.4 Å². The number of carbonyl (C=O) groups is 1. The number of rotatable bonds is 10. The van der Waals surface area contributed by atoms with Crippen LogP contribution >= 0.6 is 23.4 Å². The largest absolute Gasteiger partial charge is 0.369 e. The fourth-order valence-corrected chi connectivity index (χ4v) is 5.97. The van der Waals surface area contributed by atoms with E-state index in [2.05, 4.69) is 28.1 Å². The summed E-state index contributed by atoms with van der Waals surface area (Å²) in [6.45, 7) is 7.33. The minimum atomic E-state index is -0.124. The van der Waals surface area contributed by atoms with E-state index in [9.17, 15) is 9.59 Å². The summed E-state index contributed by atoms with van der Waals surface area (Å²) in [7, 11) is 0. The SMILES string of the molecule is CCc1ccc(NC(=O)CSc2nc3ccccc3c(=O)n2CCCN2CCN(c3cccc(Cl)c3)CC2)cc1. The van der Waals surface area contributed by atoms with Gasteiger partial charge in [-0.1, -0.05) is 60.6 Å². The molecule has 208 valence electrons. The third-order valence-electron chi connectivity index (χ3n) is 7.21. The van der Waals surface area contributed by atoms with E-state index in [1.807, 2.05) is 66.7 Å². The molecule has 0 radical (unpaired) electrons. The predicted octanol–water partition coefficient (Wildman–Crippen LogP) is 5.56. The molecule has 1 saturated heterocycles. The Morgan fingerprint density at radius 1 is 0.975 bits per heavy atom. The lowest BCUT2D eigenvalue weighted by Gasteiger charge is -2.36. The molecule has 7 nitrogen and oxygen atoms in total. The predicted molar refractivity (Wildman–Crippen MR) is 166 cm³/mol. The Bertz CT molecular complexity index is 1520. The molecule has 2 heterocycles. The number of amides is 1. The summed E-state index contributed by atoms with van der Waals surface area (Å²) in [6.07, 6.45) is 1.77. The molecule has 0 bridgehead atoms. The third kappa shape index (κ3) is 7.05. The third-order valence-corrected chi connectivity index (χ3v) is 8.42. The highest BCUT2D eigenvalue weighted by molar-refractivity contribution is 7.99. The van der Waals surface area contributed by atoms with Gasteiger partial charge in [0.2, 0.25) is 5.91 Å². The Labute approximate surface area is 244 Å². The maximum Gasteiger partial charge on any atom is 0.262 e. The highest BCUT2D eigenvalue weighted by Crippen LogP contribution is 2.22. The lowest BCUT2D eigenvalue weighted by Crippen LogP contribution is -2.46. The van der Waals surface area contributed by atoms with Crippen molar-refractivity contribution in [2.75, 3.05) is 48.7 Å². The van der Waals surface area contributed by atoms with E-state index < -0.39 is 0 Å². The minimum absolute atomic E-state index is 0.0607. The molecule has 0 atom stereocenters. The van der Waals surface area contributed by atoms with Crippen molar-refractivity contribution in [1.29, 1.82) is 0 Å². The second kappa shape index (κ2) is 13.4. The van der Waals surface area contributed by atoms with Crippen molar-refractivity contribution < 1.29 is 4.79 Å². The molecule has 0 unspecified atom stereocenters. The van der Waals surface area contributed by atoms with Gasteiger partial charge in [-0.3, -0.25) is 19.1 Å². The molecular formula is C31H34ClN5O2S. The highest BCUT2D eigenvalue weighted by atomic mass is 35.5. The summed E-state index contributed by atoms with van der Waals surface area (Å²) in [5.74, 6) is 0.0481. The van der Waals surface area contributed by atoms with Crippen LogP contribution in [0.1, 0.15) is 18.9 Å². The first-order chi connectivity index (χ1) is 19.5. The zero-order valence-corrected chi connectivity index (χ0v) is 24.3. The first kappa shape index (κ1) is 28.2. The van der Waals surface area contributed by atoms with Gasteiger partial charge < -0.3 is 10.2 Å². The van der Waals surface area contributed by atoms with Gasteiger partial charge in [-0.15, -0.1) is 0 Å². The van der Waals surface area contributed by atoms with Crippen LogP contribution in [0.15, 0.2) is 82.7 Å². The number of nitrogens with zero attached hydrogens (tertiary/aromatic N) is 4. The number of carbonyl (C=O) groups excluding carboxylic acids is 1. The second-order valence-electron chi connectivity index (χ2n) is 9.92. The number of aryl methyl sites for hydroxylation is 1. The van der Waals surface area contributed by atoms with Crippen LogP contribution in [0.25, 0.3) is 10.9 Å². The fourth-order valence-electron chi connectivity index (χ4n) is 4.96. The maximum atomic E-state index is 13.4. The van der Waals surface area contributed by atoms with Crippen LogP contribution in [-0.2, 0) is 17.8 Å². The van der Waals surface area contributed by atoms with Gasteiger partial charge in [-0.25, -0.2) is 4.98 Å². The maximum absolute atomic E-state index is 13.4. The van der Waals surface area contributed by atoms with Crippen molar-refractivity contribution in [3.8, 4) is 0 Å². The topological polar surface area (TPSA) is 70.5 Å². The molecule has 1 aliphatic rings. The molecule has 1 amide bonds. The average molecular weight is 576 g/mol. The van der Waals surface area contributed by atoms with Gasteiger partial charge in [-0.2, -0.15) is 0 Å². The zero-order valence-electron chi connectivity index (χ0n) is 22.7. The van der Waals surface area contributed by atoms with Crippen LogP contribution in [0.2, 0.25) is 5.02 Å². The number of hydrogen-bond donors (Lipinski definition) is 1. The number of anilines is 2. The highest BCUT2D eigenvalue weighted by Gasteiger charge is 2.18. The smallest absolute Gasteiger partial charge is 0.262 e. The van der Waals surface area contributed by atoms with E-state index in [4.69, 9.17) is 16.6 Å². The number of hydrogen-bond acceptors (Lipinski definition) is 6. The average Bonchev–Trinajstić information content (AvgIpc) is 2.98. The van der Waals surface area contributed by atoms with E-state index in [1.165, 1.54) is 17.3 Å². The Balaban J connectivity index is 1.20. The molecule has 0 aliphatic carbocycles. The number of benzene rings is 3. The molecule has 3 aromatic carbocycles. The number of piperazine rings is 1. The van der Waals surface area contributed by atoms with Crippen molar-refractivity contribution in [2.45, 2.75) is 31.5 Å². The van der Waals surface area contributed by atoms with E-state index in [-0.39, 0.29) is 17.2 Å². The van der Waals surface area contributed by atoms with E-state index in [0.717, 1.165) is 62.0 Å². The Kier molecular flexibility index (Phi) is 9.41. The number of halogens is 1. The van der Waals surface area contributed by atoms with Gasteiger partial charge in [0.15, 0.2) is 5.16 Å². The van der Waals surface area contributed by atoms with Crippen LogP contribution in [0.3, 0.4) is 0 Å². The molecule has 5 rings (SSSR count). The summed E-state index contributed by atoms with van der Waals surface area (Å²) >= 11 is 7.48. The fraction of sp³-hybridized carbons (Fsp3) is 0.323. The summed E-state index contributed by atoms with van der Waals surface area (Å²) in [4.78, 5) is 35.7. The molecule has 4 aromatic rings. The molecule has 1 fully saturated rings. The van der Waals surface area contributed by atoms with E-state index in [1.54, 1.807) is 4.57 Å². The lowest BCUT2D eigenvalue weighted by molar-refractivity contribution is -0.113. The normalized spacial score (nSPS) is 14.0. The van der Waals surface area contributed by atoms with Gasteiger partial charge in [-0.05, 0) is 67.4 Å². The molecule has 1 aromatic heterocycles. The number of thioether (sulfide) groups is 1. The monoisotopic (exact) mass is 575 g/mol. The Morgan fingerprint density at radius 3 is 2.50 bits per heavy atom. The number of aromatic nitrogens is 2. The lowest BCUT2D eigenvalue weighted by atomic mass is 10.1. The van der Waals surface area contributed by atoms with Gasteiger partial charge >= 0.3 is 0 Å². The molecular weight excluding hydrogens is 542 g/mol. The van der Waals surface area contributed by atoms with Crippen molar-refractivity contribution in [3.63, 3.8) is 0 Å². The van der Waals surface area contributed by atoms with Crippen LogP contribution in [0.5, 0.6) is 0 Å². The van der Waals surface area contributed by atoms with Crippen LogP contribution in [0, 0.1) is 0 Å². The molecule has 40 heavy (non-hydrogen) atoms. The summed E-state index contributed by atoms with van der Waals surface area (Å²) in [6, 6.07) is 23.3. The summed E-state index contributed by atoms with van der Waals surface area (Å²) < 4.78 is 1.73. The molecule has 1 N–H and O–H groups in total. The molecule has 0 spiro atoms. The Hall–Kier alpha value is -3.33. The zero-order chi connectivity index (χ0) is 27.9. The number of para-hydroxylation sites is 1.